The molecule has 0 unspecified atom stereocenters. The topological polar surface area (TPSA) is 51.5 Å². The Morgan fingerprint density at radius 2 is 1.96 bits per heavy atom. The van der Waals surface area contributed by atoms with Crippen LogP contribution in [0, 0.1) is 11.6 Å². The van der Waals surface area contributed by atoms with Crippen molar-refractivity contribution < 1.29 is 17.9 Å². The number of rotatable bonds is 5. The van der Waals surface area contributed by atoms with E-state index in [0.29, 0.717) is 23.4 Å². The minimum Gasteiger partial charge on any atom is -0.497 e. The highest BCUT2D eigenvalue weighted by molar-refractivity contribution is 5.81. The van der Waals surface area contributed by atoms with Gasteiger partial charge >= 0.3 is 5.63 Å². The molecule has 3 rings (SSSR count). The molecule has 2 aromatic carbocycles. The van der Waals surface area contributed by atoms with E-state index in [4.69, 9.17) is 9.15 Å². The Hall–Kier alpha value is -2.73. The van der Waals surface area contributed by atoms with E-state index in [2.05, 4.69) is 5.32 Å². The Balaban J connectivity index is 1.86. The number of hydrogen-bond acceptors (Lipinski definition) is 4. The molecule has 0 bridgehead atoms. The van der Waals surface area contributed by atoms with Crippen molar-refractivity contribution in [2.24, 2.45) is 0 Å². The summed E-state index contributed by atoms with van der Waals surface area (Å²) in [7, 11) is 1.53. The number of halogens is 2. The molecule has 0 saturated carbocycles. The zero-order valence-electron chi connectivity index (χ0n) is 13.8. The Bertz CT molecular complexity index is 969. The van der Waals surface area contributed by atoms with Crippen molar-refractivity contribution in [1.82, 2.24) is 5.32 Å². The molecular formula is C19H17F2NO3. The Morgan fingerprint density at radius 1 is 1.16 bits per heavy atom. The molecule has 0 spiro atoms. The fourth-order valence-corrected chi connectivity index (χ4v) is 2.71. The van der Waals surface area contributed by atoms with E-state index in [1.54, 1.807) is 25.1 Å². The van der Waals surface area contributed by atoms with Gasteiger partial charge in [0, 0.05) is 41.7 Å². The molecular weight excluding hydrogens is 328 g/mol. The second-order valence-electron chi connectivity index (χ2n) is 5.72. The summed E-state index contributed by atoms with van der Waals surface area (Å²) in [6.45, 7) is 2.10. The maximum Gasteiger partial charge on any atom is 0.336 e. The van der Waals surface area contributed by atoms with Gasteiger partial charge in [-0.1, -0.05) is 6.07 Å². The van der Waals surface area contributed by atoms with Crippen LogP contribution in [-0.2, 0) is 6.54 Å². The first-order valence-electron chi connectivity index (χ1n) is 7.77. The first kappa shape index (κ1) is 17.1. The molecule has 0 aliphatic carbocycles. The Kier molecular flexibility index (Phi) is 4.81. The molecule has 1 N–H and O–H groups in total. The van der Waals surface area contributed by atoms with Crippen molar-refractivity contribution in [3.63, 3.8) is 0 Å². The van der Waals surface area contributed by atoms with Gasteiger partial charge in [0.25, 0.3) is 0 Å². The maximum absolute atomic E-state index is 13.9. The largest absolute Gasteiger partial charge is 0.497 e. The van der Waals surface area contributed by atoms with Crippen LogP contribution in [0.1, 0.15) is 24.1 Å². The van der Waals surface area contributed by atoms with Crippen LogP contribution >= 0.6 is 0 Å². The van der Waals surface area contributed by atoms with Gasteiger partial charge in [-0.05, 0) is 30.7 Å². The summed E-state index contributed by atoms with van der Waals surface area (Å²) in [5, 5.41) is 3.91. The van der Waals surface area contributed by atoms with E-state index in [1.807, 2.05) is 0 Å². The van der Waals surface area contributed by atoms with E-state index < -0.39 is 17.3 Å². The molecule has 1 heterocycles. The number of benzene rings is 2. The van der Waals surface area contributed by atoms with Crippen molar-refractivity contribution in [3.8, 4) is 5.75 Å². The average Bonchev–Trinajstić information content (AvgIpc) is 2.58. The number of ether oxygens (including phenoxy) is 1. The first-order valence-corrected chi connectivity index (χ1v) is 7.77. The maximum atomic E-state index is 13.9. The summed E-state index contributed by atoms with van der Waals surface area (Å²) < 4.78 is 37.2. The molecule has 3 aromatic rings. The third kappa shape index (κ3) is 3.69. The van der Waals surface area contributed by atoms with Gasteiger partial charge < -0.3 is 14.5 Å². The van der Waals surface area contributed by atoms with Crippen LogP contribution < -0.4 is 15.7 Å². The van der Waals surface area contributed by atoms with Crippen LogP contribution in [0.4, 0.5) is 8.78 Å². The van der Waals surface area contributed by atoms with Gasteiger partial charge in [0.15, 0.2) is 0 Å². The van der Waals surface area contributed by atoms with Crippen molar-refractivity contribution in [1.29, 1.82) is 0 Å². The van der Waals surface area contributed by atoms with Crippen molar-refractivity contribution in [2.45, 2.75) is 19.5 Å². The molecule has 0 fully saturated rings. The fourth-order valence-electron chi connectivity index (χ4n) is 2.71. The average molecular weight is 345 g/mol. The lowest BCUT2D eigenvalue weighted by molar-refractivity contribution is 0.414. The lowest BCUT2D eigenvalue weighted by Gasteiger charge is -2.16. The second kappa shape index (κ2) is 7.03. The van der Waals surface area contributed by atoms with Crippen LogP contribution in [0.25, 0.3) is 11.0 Å². The number of nitrogens with one attached hydrogen (secondary N) is 1. The monoisotopic (exact) mass is 345 g/mol. The van der Waals surface area contributed by atoms with Gasteiger partial charge in [-0.25, -0.2) is 13.6 Å². The highest BCUT2D eigenvalue weighted by Crippen LogP contribution is 2.23. The number of fused-ring (bicyclic) bond motifs is 1. The zero-order valence-corrected chi connectivity index (χ0v) is 13.8. The van der Waals surface area contributed by atoms with Crippen molar-refractivity contribution in [2.75, 3.05) is 7.11 Å². The molecule has 1 atom stereocenters. The standard InChI is InChI=1S/C19H17F2NO3/c1-11(15-5-3-13(20)8-17(15)21)22-10-12-7-19(23)25-18-9-14(24-2)4-6-16(12)18/h3-9,11,22H,10H2,1-2H3/t11-/m1/s1. The highest BCUT2D eigenvalue weighted by Gasteiger charge is 2.13. The van der Waals surface area contributed by atoms with Crippen molar-refractivity contribution in [3.05, 3.63) is 75.6 Å². The van der Waals surface area contributed by atoms with E-state index in [1.165, 1.54) is 25.3 Å². The van der Waals surface area contributed by atoms with Crippen LogP contribution in [0.5, 0.6) is 5.75 Å². The predicted octanol–water partition coefficient (Wildman–Crippen LogP) is 3.93. The van der Waals surface area contributed by atoms with Gasteiger partial charge in [-0.2, -0.15) is 0 Å². The van der Waals surface area contributed by atoms with Crippen LogP contribution in [0.3, 0.4) is 0 Å². The molecule has 0 radical (unpaired) electrons. The highest BCUT2D eigenvalue weighted by atomic mass is 19.1. The quantitative estimate of drug-likeness (QED) is 0.712. The first-order chi connectivity index (χ1) is 12.0. The van der Waals surface area contributed by atoms with Gasteiger partial charge in [0.1, 0.15) is 23.0 Å². The lowest BCUT2D eigenvalue weighted by atomic mass is 10.1. The molecule has 130 valence electrons. The second-order valence-corrected chi connectivity index (χ2v) is 5.72. The number of methoxy groups -OCH3 is 1. The molecule has 0 amide bonds. The van der Waals surface area contributed by atoms with Crippen LogP contribution in [0.2, 0.25) is 0 Å². The minimum atomic E-state index is -0.617. The Morgan fingerprint density at radius 3 is 2.68 bits per heavy atom. The van der Waals surface area contributed by atoms with E-state index in [9.17, 15) is 13.6 Å². The van der Waals surface area contributed by atoms with Crippen LogP contribution in [-0.4, -0.2) is 7.11 Å². The molecule has 25 heavy (non-hydrogen) atoms. The molecule has 0 aliphatic heterocycles. The lowest BCUT2D eigenvalue weighted by Crippen LogP contribution is -2.20. The third-order valence-corrected chi connectivity index (χ3v) is 4.07. The normalized spacial score (nSPS) is 12.3. The van der Waals surface area contributed by atoms with Crippen molar-refractivity contribution >= 4 is 11.0 Å². The third-order valence-electron chi connectivity index (χ3n) is 4.07. The Labute approximate surface area is 143 Å². The smallest absolute Gasteiger partial charge is 0.336 e. The summed E-state index contributed by atoms with van der Waals surface area (Å²) in [6, 6.07) is 9.73. The molecule has 6 heteroatoms. The summed E-state index contributed by atoms with van der Waals surface area (Å²) in [4.78, 5) is 11.8. The molecule has 0 aliphatic rings. The summed E-state index contributed by atoms with van der Waals surface area (Å²) in [5.41, 5.74) is 1.03. The SMILES string of the molecule is COc1ccc2c(CN[C@H](C)c3ccc(F)cc3F)cc(=O)oc2c1. The fraction of sp³-hybridized carbons (Fsp3) is 0.211. The summed E-state index contributed by atoms with van der Waals surface area (Å²) in [6.07, 6.45) is 0. The molecule has 0 saturated heterocycles. The predicted molar refractivity (Wildman–Crippen MR) is 90.6 cm³/mol. The zero-order chi connectivity index (χ0) is 18.0. The van der Waals surface area contributed by atoms with Gasteiger partial charge in [0.05, 0.1) is 7.11 Å². The minimum absolute atomic E-state index is 0.326. The van der Waals surface area contributed by atoms with Gasteiger partial charge in [0.2, 0.25) is 0 Å². The summed E-state index contributed by atoms with van der Waals surface area (Å²) >= 11 is 0. The molecule has 4 nitrogen and oxygen atoms in total. The van der Waals surface area contributed by atoms with E-state index >= 15 is 0 Å². The van der Waals surface area contributed by atoms with Gasteiger partial charge in [-0.15, -0.1) is 0 Å². The summed E-state index contributed by atoms with van der Waals surface area (Å²) in [5.74, 6) is -0.640. The molecule has 1 aromatic heterocycles. The van der Waals surface area contributed by atoms with Crippen LogP contribution in [0.15, 0.2) is 51.7 Å². The van der Waals surface area contributed by atoms with Gasteiger partial charge in [-0.3, -0.25) is 0 Å². The van der Waals surface area contributed by atoms with E-state index in [-0.39, 0.29) is 6.04 Å². The van der Waals surface area contributed by atoms with E-state index in [0.717, 1.165) is 17.0 Å². The number of hydrogen-bond donors (Lipinski definition) is 1.